The van der Waals surface area contributed by atoms with Gasteiger partial charge in [0, 0.05) is 29.5 Å². The average molecular weight is 467 g/mol. The maximum atomic E-state index is 12.9. The number of hydrogen-bond acceptors (Lipinski definition) is 8. The minimum Gasteiger partial charge on any atom is -0.458 e. The molecule has 1 amide bonds. The molecule has 4 heterocycles. The number of carbonyl (C=O) groups excluding carboxylic acids is 2. The number of amidine groups is 1. The number of fused-ring (bicyclic) bond motifs is 1. The van der Waals surface area contributed by atoms with E-state index in [1.54, 1.807) is 23.7 Å². The van der Waals surface area contributed by atoms with E-state index >= 15 is 0 Å². The summed E-state index contributed by atoms with van der Waals surface area (Å²) in [5.74, 6) is -0.546. The topological polar surface area (TPSA) is 83.9 Å². The van der Waals surface area contributed by atoms with Gasteiger partial charge in [0.2, 0.25) is 5.91 Å². The molecule has 0 aliphatic carbocycles. The fourth-order valence-corrected chi connectivity index (χ4v) is 5.28. The van der Waals surface area contributed by atoms with Crippen molar-refractivity contribution in [2.75, 3.05) is 6.61 Å². The Kier molecular flexibility index (Phi) is 6.87. The standard InChI is InChI=1S/C23H22N4O3S2/c1-3-9-30-22(29)20-15(2)26-23-27(21(20)18-7-5-10-31-18)17(14-32-23)11-19(28)25-13-16-6-4-8-24-12-16/h3-8,10,12,14,21H,1,9,11,13H2,2H3,(H,25,28). The van der Waals surface area contributed by atoms with Gasteiger partial charge in [-0.2, -0.15) is 0 Å². The smallest absolute Gasteiger partial charge is 0.338 e. The molecule has 2 aliphatic heterocycles. The molecule has 164 valence electrons. The number of amides is 1. The molecule has 0 saturated carbocycles. The lowest BCUT2D eigenvalue weighted by Gasteiger charge is -2.35. The Hall–Kier alpha value is -3.17. The van der Waals surface area contributed by atoms with E-state index in [0.717, 1.165) is 21.3 Å². The van der Waals surface area contributed by atoms with Crippen LogP contribution < -0.4 is 5.32 Å². The highest BCUT2D eigenvalue weighted by Gasteiger charge is 2.41. The van der Waals surface area contributed by atoms with Gasteiger partial charge in [0.25, 0.3) is 0 Å². The summed E-state index contributed by atoms with van der Waals surface area (Å²) >= 11 is 3.00. The summed E-state index contributed by atoms with van der Waals surface area (Å²) in [5, 5.41) is 7.57. The molecule has 0 saturated heterocycles. The molecule has 1 unspecified atom stereocenters. The summed E-state index contributed by atoms with van der Waals surface area (Å²) in [6, 6.07) is 7.28. The SMILES string of the molecule is C=CCOC(=O)C1=C(C)N=C2SC=C(CC(=O)NCc3cccnc3)N2C1c1cccs1. The van der Waals surface area contributed by atoms with Gasteiger partial charge in [-0.05, 0) is 35.4 Å². The molecule has 1 N–H and O–H groups in total. The van der Waals surface area contributed by atoms with Gasteiger partial charge in [-0.1, -0.05) is 36.5 Å². The molecule has 0 bridgehead atoms. The second-order valence-electron chi connectivity index (χ2n) is 7.11. The van der Waals surface area contributed by atoms with Gasteiger partial charge in [0.15, 0.2) is 5.17 Å². The van der Waals surface area contributed by atoms with Crippen LogP contribution in [0.5, 0.6) is 0 Å². The molecule has 9 heteroatoms. The summed E-state index contributed by atoms with van der Waals surface area (Å²) in [6.45, 7) is 5.95. The Balaban J connectivity index is 1.56. The Morgan fingerprint density at radius 1 is 1.34 bits per heavy atom. The van der Waals surface area contributed by atoms with Gasteiger partial charge in [0.05, 0.1) is 17.7 Å². The van der Waals surface area contributed by atoms with Crippen molar-refractivity contribution >= 4 is 40.1 Å². The van der Waals surface area contributed by atoms with Gasteiger partial charge in [-0.3, -0.25) is 9.78 Å². The highest BCUT2D eigenvalue weighted by atomic mass is 32.2. The summed E-state index contributed by atoms with van der Waals surface area (Å²) in [6.07, 6.45) is 5.13. The normalized spacial score (nSPS) is 17.4. The highest BCUT2D eigenvalue weighted by Crippen LogP contribution is 2.45. The number of rotatable bonds is 8. The van der Waals surface area contributed by atoms with E-state index < -0.39 is 12.0 Å². The van der Waals surface area contributed by atoms with E-state index in [0.29, 0.717) is 17.8 Å². The van der Waals surface area contributed by atoms with Crippen LogP contribution >= 0.6 is 23.1 Å². The van der Waals surface area contributed by atoms with Crippen molar-refractivity contribution in [1.82, 2.24) is 15.2 Å². The first-order chi connectivity index (χ1) is 15.6. The number of ether oxygens (including phenoxy) is 1. The Morgan fingerprint density at radius 3 is 2.94 bits per heavy atom. The quantitative estimate of drug-likeness (QED) is 0.465. The number of allylic oxidation sites excluding steroid dienone is 1. The Labute approximate surface area is 194 Å². The van der Waals surface area contributed by atoms with Crippen molar-refractivity contribution in [2.45, 2.75) is 25.9 Å². The molecule has 7 nitrogen and oxygen atoms in total. The van der Waals surface area contributed by atoms with Crippen LogP contribution in [0.1, 0.15) is 29.8 Å². The largest absolute Gasteiger partial charge is 0.458 e. The molecular weight excluding hydrogens is 444 g/mol. The lowest BCUT2D eigenvalue weighted by molar-refractivity contribution is -0.138. The Bertz CT molecular complexity index is 1110. The number of aliphatic imine (C=N–C) groups is 1. The monoisotopic (exact) mass is 466 g/mol. The third-order valence-corrected chi connectivity index (χ3v) is 6.73. The van der Waals surface area contributed by atoms with E-state index in [1.807, 2.05) is 46.9 Å². The van der Waals surface area contributed by atoms with Gasteiger partial charge >= 0.3 is 5.97 Å². The summed E-state index contributed by atoms with van der Waals surface area (Å²) in [7, 11) is 0. The van der Waals surface area contributed by atoms with Crippen LogP contribution in [0.4, 0.5) is 0 Å². The molecular formula is C23H22N4O3S2. The number of aromatic nitrogens is 1. The van der Waals surface area contributed by atoms with Crippen LogP contribution in [0.25, 0.3) is 0 Å². The zero-order valence-electron chi connectivity index (χ0n) is 17.5. The van der Waals surface area contributed by atoms with E-state index in [4.69, 9.17) is 4.74 Å². The minimum atomic E-state index is -0.430. The van der Waals surface area contributed by atoms with Gasteiger partial charge < -0.3 is 15.0 Å². The van der Waals surface area contributed by atoms with Crippen molar-refractivity contribution in [3.63, 3.8) is 0 Å². The number of nitrogens with one attached hydrogen (secondary N) is 1. The molecule has 0 spiro atoms. The third-order valence-electron chi connectivity index (χ3n) is 4.92. The van der Waals surface area contributed by atoms with Crippen LogP contribution in [0.2, 0.25) is 0 Å². The molecule has 32 heavy (non-hydrogen) atoms. The highest BCUT2D eigenvalue weighted by molar-refractivity contribution is 8.16. The number of esters is 1. The number of hydrogen-bond donors (Lipinski definition) is 1. The van der Waals surface area contributed by atoms with Gasteiger partial charge in [-0.15, -0.1) is 11.3 Å². The van der Waals surface area contributed by atoms with E-state index in [1.165, 1.54) is 17.8 Å². The number of pyridine rings is 1. The minimum absolute atomic E-state index is 0.117. The Morgan fingerprint density at radius 2 is 2.22 bits per heavy atom. The van der Waals surface area contributed by atoms with Crippen LogP contribution in [0.15, 0.2) is 82.1 Å². The van der Waals surface area contributed by atoms with Crippen LogP contribution in [-0.2, 0) is 20.9 Å². The van der Waals surface area contributed by atoms with Crippen LogP contribution in [0, 0.1) is 0 Å². The number of nitrogens with zero attached hydrogens (tertiary/aromatic N) is 3. The molecule has 2 aliphatic rings. The van der Waals surface area contributed by atoms with Crippen molar-refractivity contribution in [2.24, 2.45) is 4.99 Å². The van der Waals surface area contributed by atoms with Crippen molar-refractivity contribution in [3.8, 4) is 0 Å². The number of carbonyl (C=O) groups is 2. The first-order valence-electron chi connectivity index (χ1n) is 10.00. The molecule has 0 fully saturated rings. The second-order valence-corrected chi connectivity index (χ2v) is 8.93. The average Bonchev–Trinajstić information content (AvgIpc) is 3.46. The maximum absolute atomic E-state index is 12.9. The van der Waals surface area contributed by atoms with Crippen molar-refractivity contribution in [1.29, 1.82) is 0 Å². The molecule has 2 aromatic rings. The summed E-state index contributed by atoms with van der Waals surface area (Å²) in [4.78, 5) is 37.3. The first kappa shape index (κ1) is 22.0. The molecule has 0 aromatic carbocycles. The zero-order chi connectivity index (χ0) is 22.5. The number of thiophene rings is 1. The predicted molar refractivity (Wildman–Crippen MR) is 127 cm³/mol. The van der Waals surface area contributed by atoms with E-state index in [2.05, 4.69) is 21.9 Å². The zero-order valence-corrected chi connectivity index (χ0v) is 19.1. The van der Waals surface area contributed by atoms with E-state index in [9.17, 15) is 9.59 Å². The van der Waals surface area contributed by atoms with Crippen molar-refractivity contribution in [3.05, 3.63) is 87.5 Å². The molecule has 0 radical (unpaired) electrons. The number of thioether (sulfide) groups is 1. The predicted octanol–water partition coefficient (Wildman–Crippen LogP) is 4.15. The molecule has 1 atom stereocenters. The lowest BCUT2D eigenvalue weighted by atomic mass is 9.99. The fraction of sp³-hybridized carbons (Fsp3) is 0.217. The second kappa shape index (κ2) is 9.97. The fourth-order valence-electron chi connectivity index (χ4n) is 3.49. The van der Waals surface area contributed by atoms with Gasteiger partial charge in [-0.25, -0.2) is 9.79 Å². The third kappa shape index (κ3) is 4.68. The lowest BCUT2D eigenvalue weighted by Crippen LogP contribution is -2.37. The molecule has 2 aromatic heterocycles. The first-order valence-corrected chi connectivity index (χ1v) is 11.8. The summed E-state index contributed by atoms with van der Waals surface area (Å²) in [5.41, 5.74) is 2.81. The van der Waals surface area contributed by atoms with Crippen LogP contribution in [-0.4, -0.2) is 33.5 Å². The maximum Gasteiger partial charge on any atom is 0.338 e. The van der Waals surface area contributed by atoms with E-state index in [-0.39, 0.29) is 18.9 Å². The van der Waals surface area contributed by atoms with Crippen LogP contribution in [0.3, 0.4) is 0 Å². The summed E-state index contributed by atoms with van der Waals surface area (Å²) < 4.78 is 5.36. The van der Waals surface area contributed by atoms with Crippen molar-refractivity contribution < 1.29 is 14.3 Å². The van der Waals surface area contributed by atoms with Gasteiger partial charge in [0.1, 0.15) is 12.6 Å². The molecule has 4 rings (SSSR count).